The van der Waals surface area contributed by atoms with Gasteiger partial charge in [-0.3, -0.25) is 0 Å². The molecule has 0 amide bonds. The van der Waals surface area contributed by atoms with E-state index in [1.165, 1.54) is 10.5 Å². The largest absolute Gasteiger partial charge is 0.396 e. The van der Waals surface area contributed by atoms with Crippen LogP contribution < -0.4 is 0 Å². The summed E-state index contributed by atoms with van der Waals surface area (Å²) in [6.07, 6.45) is 6.80. The summed E-state index contributed by atoms with van der Waals surface area (Å²) in [5.74, 6) is 0. The van der Waals surface area contributed by atoms with E-state index in [0.717, 1.165) is 6.42 Å². The summed E-state index contributed by atoms with van der Waals surface area (Å²) in [6, 6.07) is 8.37. The highest BCUT2D eigenvalue weighted by Crippen LogP contribution is 2.15. The maximum Gasteiger partial charge on any atom is 0.0465 e. The summed E-state index contributed by atoms with van der Waals surface area (Å²) in [5, 5.41) is 8.57. The molecule has 0 aliphatic rings. The third kappa shape index (κ3) is 3.66. The SMILES string of the molecule is CSc1ccc(C=CCCO)cc1. The monoisotopic (exact) mass is 194 g/mol. The zero-order valence-corrected chi connectivity index (χ0v) is 8.55. The Morgan fingerprint density at radius 3 is 2.54 bits per heavy atom. The molecule has 0 unspecified atom stereocenters. The van der Waals surface area contributed by atoms with Gasteiger partial charge in [0.05, 0.1) is 0 Å². The van der Waals surface area contributed by atoms with Crippen molar-refractivity contribution in [2.75, 3.05) is 12.9 Å². The highest BCUT2D eigenvalue weighted by Gasteiger charge is 1.88. The van der Waals surface area contributed by atoms with Gasteiger partial charge in [0.25, 0.3) is 0 Å². The lowest BCUT2D eigenvalue weighted by atomic mass is 10.2. The summed E-state index contributed by atoms with van der Waals surface area (Å²) >= 11 is 1.74. The van der Waals surface area contributed by atoms with Crippen molar-refractivity contribution in [2.24, 2.45) is 0 Å². The second-order valence-corrected chi connectivity index (χ2v) is 3.57. The molecule has 70 valence electrons. The third-order valence-corrected chi connectivity index (χ3v) is 2.47. The van der Waals surface area contributed by atoms with Crippen LogP contribution in [0.1, 0.15) is 12.0 Å². The molecule has 0 bridgehead atoms. The number of hydrogen-bond donors (Lipinski definition) is 1. The first-order chi connectivity index (χ1) is 6.36. The predicted octanol–water partition coefficient (Wildman–Crippen LogP) is 2.80. The Morgan fingerprint density at radius 1 is 1.31 bits per heavy atom. The highest BCUT2D eigenvalue weighted by molar-refractivity contribution is 7.98. The molecule has 0 atom stereocenters. The maximum atomic E-state index is 8.57. The fourth-order valence-electron chi connectivity index (χ4n) is 1.01. The van der Waals surface area contributed by atoms with Crippen LogP contribution in [0.4, 0.5) is 0 Å². The number of rotatable bonds is 4. The number of hydrogen-bond acceptors (Lipinski definition) is 2. The molecule has 0 heterocycles. The van der Waals surface area contributed by atoms with Gasteiger partial charge in [0, 0.05) is 11.5 Å². The van der Waals surface area contributed by atoms with Crippen LogP contribution in [0.25, 0.3) is 6.08 Å². The van der Waals surface area contributed by atoms with E-state index in [1.807, 2.05) is 12.2 Å². The summed E-state index contributed by atoms with van der Waals surface area (Å²) in [4.78, 5) is 1.28. The maximum absolute atomic E-state index is 8.57. The van der Waals surface area contributed by atoms with Crippen molar-refractivity contribution in [1.29, 1.82) is 0 Å². The van der Waals surface area contributed by atoms with Crippen molar-refractivity contribution in [3.05, 3.63) is 35.9 Å². The molecule has 1 aromatic rings. The van der Waals surface area contributed by atoms with Gasteiger partial charge in [-0.2, -0.15) is 0 Å². The van der Waals surface area contributed by atoms with Crippen molar-refractivity contribution in [3.8, 4) is 0 Å². The van der Waals surface area contributed by atoms with Gasteiger partial charge in [0.2, 0.25) is 0 Å². The Bertz CT molecular complexity index is 264. The second kappa shape index (κ2) is 5.84. The minimum absolute atomic E-state index is 0.222. The van der Waals surface area contributed by atoms with Crippen molar-refractivity contribution in [1.82, 2.24) is 0 Å². The van der Waals surface area contributed by atoms with Crippen LogP contribution >= 0.6 is 11.8 Å². The van der Waals surface area contributed by atoms with Gasteiger partial charge in [0.1, 0.15) is 0 Å². The topological polar surface area (TPSA) is 20.2 Å². The Balaban J connectivity index is 2.58. The van der Waals surface area contributed by atoms with Gasteiger partial charge >= 0.3 is 0 Å². The smallest absolute Gasteiger partial charge is 0.0465 e. The molecule has 0 aliphatic carbocycles. The molecular formula is C11H14OS. The Kier molecular flexibility index (Phi) is 4.65. The lowest BCUT2D eigenvalue weighted by Gasteiger charge is -1.96. The molecule has 0 saturated carbocycles. The molecular weight excluding hydrogens is 180 g/mol. The van der Waals surface area contributed by atoms with Gasteiger partial charge in [-0.1, -0.05) is 24.3 Å². The van der Waals surface area contributed by atoms with E-state index in [-0.39, 0.29) is 6.61 Å². The average molecular weight is 194 g/mol. The minimum Gasteiger partial charge on any atom is -0.396 e. The number of thioether (sulfide) groups is 1. The van der Waals surface area contributed by atoms with E-state index in [0.29, 0.717) is 0 Å². The van der Waals surface area contributed by atoms with Gasteiger partial charge in [-0.15, -0.1) is 11.8 Å². The number of benzene rings is 1. The molecule has 1 nitrogen and oxygen atoms in total. The Labute approximate surface area is 83.5 Å². The van der Waals surface area contributed by atoms with Crippen molar-refractivity contribution in [2.45, 2.75) is 11.3 Å². The molecule has 2 heteroatoms. The molecule has 1 rings (SSSR count). The van der Waals surface area contributed by atoms with Crippen LogP contribution in [0.15, 0.2) is 35.2 Å². The quantitative estimate of drug-likeness (QED) is 0.744. The molecule has 0 radical (unpaired) electrons. The highest BCUT2D eigenvalue weighted by atomic mass is 32.2. The normalized spacial score (nSPS) is 10.9. The van der Waals surface area contributed by atoms with Gasteiger partial charge in [-0.05, 0) is 30.4 Å². The van der Waals surface area contributed by atoms with Gasteiger partial charge in [-0.25, -0.2) is 0 Å². The first kappa shape index (κ1) is 10.4. The molecule has 0 aromatic heterocycles. The molecule has 1 N–H and O–H groups in total. The van der Waals surface area contributed by atoms with Crippen LogP contribution in [-0.2, 0) is 0 Å². The van der Waals surface area contributed by atoms with Crippen molar-refractivity contribution < 1.29 is 5.11 Å². The lowest BCUT2D eigenvalue weighted by Crippen LogP contribution is -1.76. The molecule has 13 heavy (non-hydrogen) atoms. The van der Waals surface area contributed by atoms with Crippen molar-refractivity contribution >= 4 is 17.8 Å². The summed E-state index contributed by atoms with van der Waals surface area (Å²) < 4.78 is 0. The molecule has 0 fully saturated rings. The van der Waals surface area contributed by atoms with E-state index >= 15 is 0 Å². The number of aliphatic hydroxyl groups excluding tert-OH is 1. The van der Waals surface area contributed by atoms with Crippen LogP contribution in [-0.4, -0.2) is 18.0 Å². The summed E-state index contributed by atoms with van der Waals surface area (Å²) in [5.41, 5.74) is 1.19. The fourth-order valence-corrected chi connectivity index (χ4v) is 1.42. The number of aliphatic hydroxyl groups is 1. The predicted molar refractivity (Wildman–Crippen MR) is 59.0 cm³/mol. The van der Waals surface area contributed by atoms with Gasteiger partial charge in [0.15, 0.2) is 0 Å². The van der Waals surface area contributed by atoms with E-state index in [1.54, 1.807) is 11.8 Å². The van der Waals surface area contributed by atoms with Crippen LogP contribution in [0.2, 0.25) is 0 Å². The van der Waals surface area contributed by atoms with E-state index in [9.17, 15) is 0 Å². The van der Waals surface area contributed by atoms with E-state index < -0.39 is 0 Å². The van der Waals surface area contributed by atoms with Crippen LogP contribution in [0.5, 0.6) is 0 Å². The molecule has 1 aromatic carbocycles. The summed E-state index contributed by atoms with van der Waals surface area (Å²) in [7, 11) is 0. The van der Waals surface area contributed by atoms with E-state index in [2.05, 4.69) is 30.5 Å². The van der Waals surface area contributed by atoms with Crippen LogP contribution in [0, 0.1) is 0 Å². The van der Waals surface area contributed by atoms with Gasteiger partial charge < -0.3 is 5.11 Å². The zero-order valence-electron chi connectivity index (χ0n) is 7.73. The third-order valence-electron chi connectivity index (χ3n) is 1.72. The second-order valence-electron chi connectivity index (χ2n) is 2.69. The zero-order chi connectivity index (χ0) is 9.52. The Hall–Kier alpha value is -0.730. The fraction of sp³-hybridized carbons (Fsp3) is 0.273. The van der Waals surface area contributed by atoms with Crippen molar-refractivity contribution in [3.63, 3.8) is 0 Å². The average Bonchev–Trinajstić information content (AvgIpc) is 2.19. The molecule has 0 saturated heterocycles. The summed E-state index contributed by atoms with van der Waals surface area (Å²) in [6.45, 7) is 0.222. The lowest BCUT2D eigenvalue weighted by molar-refractivity contribution is 0.303. The molecule has 0 aliphatic heterocycles. The first-order valence-electron chi connectivity index (χ1n) is 4.28. The first-order valence-corrected chi connectivity index (χ1v) is 5.50. The standard InChI is InChI=1S/C11H14OS/c1-13-11-7-5-10(6-8-11)4-2-3-9-12/h2,4-8,12H,3,9H2,1H3. The Morgan fingerprint density at radius 2 is 2.00 bits per heavy atom. The minimum atomic E-state index is 0.222. The van der Waals surface area contributed by atoms with Crippen LogP contribution in [0.3, 0.4) is 0 Å². The molecule has 0 spiro atoms. The van der Waals surface area contributed by atoms with E-state index in [4.69, 9.17) is 5.11 Å².